The van der Waals surface area contributed by atoms with Crippen molar-refractivity contribution >= 4 is 37.4 Å². The lowest BCUT2D eigenvalue weighted by Crippen LogP contribution is -1.83. The van der Waals surface area contributed by atoms with Gasteiger partial charge < -0.3 is 0 Å². The molecule has 0 N–H and O–H groups in total. The molecule has 70 valence electrons. The van der Waals surface area contributed by atoms with E-state index in [1.165, 1.54) is 16.7 Å². The third-order valence-corrected chi connectivity index (χ3v) is 3.51. The number of benzene rings is 1. The van der Waals surface area contributed by atoms with Crippen molar-refractivity contribution in [1.82, 2.24) is 0 Å². The number of hydrogen-bond donors (Lipinski definition) is 0. The quantitative estimate of drug-likeness (QED) is 0.723. The molecule has 4 heteroatoms. The van der Waals surface area contributed by atoms with Crippen LogP contribution in [0.2, 0.25) is 0 Å². The summed E-state index contributed by atoms with van der Waals surface area (Å²) in [6.07, 6.45) is 0. The fourth-order valence-corrected chi connectivity index (χ4v) is 2.57. The highest BCUT2D eigenvalue weighted by atomic mass is 79.9. The van der Waals surface area contributed by atoms with E-state index < -0.39 is 0 Å². The smallest absolute Gasteiger partial charge is 0.143 e. The summed E-state index contributed by atoms with van der Waals surface area (Å²) in [5, 5.41) is 11.4. The number of halogens is 2. The maximum absolute atomic E-state index is 13.3. The Bertz CT molecular complexity index is 527. The summed E-state index contributed by atoms with van der Waals surface area (Å²) in [7, 11) is 0. The number of hydrogen-bond acceptors (Lipinski definition) is 2. The summed E-state index contributed by atoms with van der Waals surface area (Å²) in [6.45, 7) is 0. The molecule has 2 rings (SSSR count). The molecule has 0 saturated carbocycles. The van der Waals surface area contributed by atoms with Crippen LogP contribution >= 0.6 is 27.3 Å². The van der Waals surface area contributed by atoms with Gasteiger partial charge in [0, 0.05) is 20.8 Å². The van der Waals surface area contributed by atoms with Crippen LogP contribution in [-0.4, -0.2) is 0 Å². The fraction of sp³-hybridized carbons (Fsp3) is 0.100. The van der Waals surface area contributed by atoms with Gasteiger partial charge >= 0.3 is 0 Å². The maximum atomic E-state index is 13.3. The van der Waals surface area contributed by atoms with E-state index >= 15 is 0 Å². The Morgan fingerprint density at radius 2 is 2.29 bits per heavy atom. The van der Waals surface area contributed by atoms with Gasteiger partial charge in [-0.05, 0) is 17.7 Å². The highest BCUT2D eigenvalue weighted by molar-refractivity contribution is 9.08. The molecule has 2 aromatic rings. The average Bonchev–Trinajstić information content (AvgIpc) is 2.59. The molecule has 1 nitrogen and oxygen atoms in total. The minimum absolute atomic E-state index is 0.303. The predicted molar refractivity (Wildman–Crippen MR) is 59.1 cm³/mol. The Morgan fingerprint density at radius 1 is 1.50 bits per heavy atom. The zero-order valence-electron chi connectivity index (χ0n) is 7.05. The first-order chi connectivity index (χ1) is 6.76. The first-order valence-corrected chi connectivity index (χ1v) is 5.92. The van der Waals surface area contributed by atoms with Crippen LogP contribution in [-0.2, 0) is 5.33 Å². The molecular weight excluding hydrogens is 265 g/mol. The Morgan fingerprint density at radius 3 is 2.93 bits per heavy atom. The highest BCUT2D eigenvalue weighted by Gasteiger charge is 2.09. The van der Waals surface area contributed by atoms with Crippen LogP contribution in [0, 0.1) is 17.1 Å². The van der Waals surface area contributed by atoms with E-state index in [1.54, 1.807) is 6.07 Å². The second kappa shape index (κ2) is 3.68. The lowest BCUT2D eigenvalue weighted by molar-refractivity contribution is 0.644. The molecule has 0 aliphatic carbocycles. The summed E-state index contributed by atoms with van der Waals surface area (Å²) in [6, 6.07) is 5.63. The third-order valence-electron chi connectivity index (χ3n) is 1.96. The van der Waals surface area contributed by atoms with Crippen molar-refractivity contribution in [3.8, 4) is 6.07 Å². The van der Waals surface area contributed by atoms with Crippen LogP contribution in [0.1, 0.15) is 11.1 Å². The Hall–Kier alpha value is -0.920. The number of thiophene rings is 1. The molecule has 0 amide bonds. The molecular formula is C10H5BrFNS. The van der Waals surface area contributed by atoms with Crippen LogP contribution in [0.25, 0.3) is 10.1 Å². The Kier molecular flexibility index (Phi) is 2.53. The molecule has 0 fully saturated rings. The minimum Gasteiger partial charge on any atom is -0.205 e. The number of alkyl halides is 1. The van der Waals surface area contributed by atoms with Gasteiger partial charge in [-0.25, -0.2) is 4.39 Å². The topological polar surface area (TPSA) is 23.8 Å². The SMILES string of the molecule is N#Cc1cc(CBr)cc2scc(F)c12. The maximum Gasteiger partial charge on any atom is 0.143 e. The van der Waals surface area contributed by atoms with Crippen molar-refractivity contribution in [3.63, 3.8) is 0 Å². The van der Waals surface area contributed by atoms with Crippen molar-refractivity contribution in [2.75, 3.05) is 0 Å². The molecule has 0 aliphatic heterocycles. The standard InChI is InChI=1S/C10H5BrFNS/c11-3-6-1-7(4-13)10-8(12)5-14-9(10)2-6/h1-2,5H,3H2. The second-order valence-corrected chi connectivity index (χ2v) is 4.32. The van der Waals surface area contributed by atoms with Gasteiger partial charge in [0.1, 0.15) is 5.82 Å². The molecule has 0 bridgehead atoms. The molecule has 0 radical (unpaired) electrons. The lowest BCUT2D eigenvalue weighted by Gasteiger charge is -1.98. The molecule has 0 atom stereocenters. The van der Waals surface area contributed by atoms with Crippen molar-refractivity contribution in [2.45, 2.75) is 5.33 Å². The largest absolute Gasteiger partial charge is 0.205 e. The Labute approximate surface area is 92.9 Å². The molecule has 0 unspecified atom stereocenters. The number of fused-ring (bicyclic) bond motifs is 1. The van der Waals surface area contributed by atoms with E-state index in [9.17, 15) is 4.39 Å². The Balaban J connectivity index is 2.84. The van der Waals surface area contributed by atoms with Crippen LogP contribution in [0.3, 0.4) is 0 Å². The van der Waals surface area contributed by atoms with Crippen molar-refractivity contribution in [3.05, 3.63) is 34.5 Å². The van der Waals surface area contributed by atoms with E-state index in [4.69, 9.17) is 5.26 Å². The van der Waals surface area contributed by atoms with Crippen LogP contribution in [0.15, 0.2) is 17.5 Å². The monoisotopic (exact) mass is 269 g/mol. The zero-order valence-corrected chi connectivity index (χ0v) is 9.45. The predicted octanol–water partition coefficient (Wildman–Crippen LogP) is 3.81. The van der Waals surface area contributed by atoms with Gasteiger partial charge in [0.25, 0.3) is 0 Å². The van der Waals surface area contributed by atoms with Gasteiger partial charge in [-0.15, -0.1) is 11.3 Å². The third kappa shape index (κ3) is 1.43. The molecule has 0 aliphatic rings. The van der Waals surface area contributed by atoms with Gasteiger partial charge in [-0.3, -0.25) is 0 Å². The minimum atomic E-state index is -0.303. The first-order valence-electron chi connectivity index (χ1n) is 3.92. The van der Waals surface area contributed by atoms with Crippen molar-refractivity contribution in [1.29, 1.82) is 5.26 Å². The lowest BCUT2D eigenvalue weighted by atomic mass is 10.1. The van der Waals surface area contributed by atoms with Crippen molar-refractivity contribution < 1.29 is 4.39 Å². The zero-order chi connectivity index (χ0) is 10.1. The van der Waals surface area contributed by atoms with Gasteiger partial charge in [0.05, 0.1) is 11.6 Å². The van der Waals surface area contributed by atoms with Crippen LogP contribution < -0.4 is 0 Å². The van der Waals surface area contributed by atoms with Gasteiger partial charge in [-0.2, -0.15) is 5.26 Å². The van der Waals surface area contributed by atoms with E-state index in [2.05, 4.69) is 15.9 Å². The highest BCUT2D eigenvalue weighted by Crippen LogP contribution is 2.29. The molecule has 14 heavy (non-hydrogen) atoms. The first kappa shape index (κ1) is 9.63. The summed E-state index contributed by atoms with van der Waals surface area (Å²) < 4.78 is 14.1. The van der Waals surface area contributed by atoms with E-state index in [0.717, 1.165) is 10.3 Å². The summed E-state index contributed by atoms with van der Waals surface area (Å²) >= 11 is 4.64. The van der Waals surface area contributed by atoms with Crippen LogP contribution in [0.5, 0.6) is 0 Å². The van der Waals surface area contributed by atoms with Crippen molar-refractivity contribution in [2.24, 2.45) is 0 Å². The molecule has 0 saturated heterocycles. The van der Waals surface area contributed by atoms with E-state index in [0.29, 0.717) is 16.3 Å². The van der Waals surface area contributed by atoms with Gasteiger partial charge in [-0.1, -0.05) is 15.9 Å². The van der Waals surface area contributed by atoms with E-state index in [-0.39, 0.29) is 5.82 Å². The van der Waals surface area contributed by atoms with E-state index in [1.807, 2.05) is 12.1 Å². The van der Waals surface area contributed by atoms with Gasteiger partial charge in [0.15, 0.2) is 0 Å². The summed E-state index contributed by atoms with van der Waals surface area (Å²) in [5.41, 5.74) is 1.41. The average molecular weight is 270 g/mol. The van der Waals surface area contributed by atoms with Crippen LogP contribution in [0.4, 0.5) is 4.39 Å². The second-order valence-electron chi connectivity index (χ2n) is 2.85. The number of rotatable bonds is 1. The summed E-state index contributed by atoms with van der Waals surface area (Å²) in [5.74, 6) is -0.303. The fourth-order valence-electron chi connectivity index (χ4n) is 1.35. The molecule has 1 aromatic heterocycles. The number of nitriles is 1. The normalized spacial score (nSPS) is 10.4. The van der Waals surface area contributed by atoms with Gasteiger partial charge in [0.2, 0.25) is 0 Å². The molecule has 0 spiro atoms. The molecule has 1 heterocycles. The molecule has 1 aromatic carbocycles. The number of nitrogens with zero attached hydrogens (tertiary/aromatic N) is 1. The summed E-state index contributed by atoms with van der Waals surface area (Å²) in [4.78, 5) is 0.